The zero-order chi connectivity index (χ0) is 31.5. The quantitative estimate of drug-likeness (QED) is 0.203. The second kappa shape index (κ2) is 13.3. The fraction of sp³-hybridized carbons (Fsp3) is 0.389. The summed E-state index contributed by atoms with van der Waals surface area (Å²) in [7, 11) is 0. The molecule has 236 valence electrons. The first kappa shape index (κ1) is 30.7. The SMILES string of the molecule is CCCCN(C(=O)CN1C[C@H](c2ccc3c(c2)CCO3)[C@@H](C(=O)O)[C@@H]1CCn1cc2ccccc2c1O)c1cccc(CN)c1. The Morgan fingerprint density at radius 1 is 1.09 bits per heavy atom. The van der Waals surface area contributed by atoms with E-state index in [0.717, 1.165) is 58.2 Å². The molecule has 0 saturated carbocycles. The van der Waals surface area contributed by atoms with Gasteiger partial charge in [0.25, 0.3) is 0 Å². The molecule has 4 N–H and O–H groups in total. The number of ether oxygens (including phenoxy) is 1. The van der Waals surface area contributed by atoms with Crippen molar-refractivity contribution in [2.45, 2.75) is 57.7 Å². The zero-order valence-electron chi connectivity index (χ0n) is 25.8. The Hall–Kier alpha value is -4.34. The molecule has 3 aromatic carbocycles. The van der Waals surface area contributed by atoms with Crippen LogP contribution in [0.5, 0.6) is 11.6 Å². The molecule has 0 bridgehead atoms. The van der Waals surface area contributed by atoms with Crippen molar-refractivity contribution in [3.8, 4) is 11.6 Å². The maximum atomic E-state index is 14.1. The summed E-state index contributed by atoms with van der Waals surface area (Å²) in [5.74, 6) is -0.947. The van der Waals surface area contributed by atoms with Crippen molar-refractivity contribution < 1.29 is 24.5 Å². The van der Waals surface area contributed by atoms with Gasteiger partial charge in [-0.2, -0.15) is 0 Å². The van der Waals surface area contributed by atoms with E-state index in [9.17, 15) is 19.8 Å². The lowest BCUT2D eigenvalue weighted by atomic mass is 9.83. The monoisotopic (exact) mass is 610 g/mol. The molecule has 3 atom stereocenters. The Bertz CT molecular complexity index is 1680. The van der Waals surface area contributed by atoms with E-state index in [2.05, 4.69) is 17.9 Å². The normalized spacial score (nSPS) is 19.5. The molecule has 9 nitrogen and oxygen atoms in total. The highest BCUT2D eigenvalue weighted by molar-refractivity contribution is 5.95. The number of rotatable bonds is 12. The number of aliphatic carboxylic acids is 1. The third-order valence-electron chi connectivity index (χ3n) is 9.44. The van der Waals surface area contributed by atoms with Gasteiger partial charge in [-0.05, 0) is 53.8 Å². The molecule has 2 aliphatic heterocycles. The van der Waals surface area contributed by atoms with Crippen LogP contribution < -0.4 is 15.4 Å². The highest BCUT2D eigenvalue weighted by Gasteiger charge is 2.47. The van der Waals surface area contributed by atoms with Crippen LogP contribution in [0, 0.1) is 5.92 Å². The number of anilines is 1. The topological polar surface area (TPSA) is 121 Å². The molecule has 6 rings (SSSR count). The predicted octanol–water partition coefficient (Wildman–Crippen LogP) is 5.13. The summed E-state index contributed by atoms with van der Waals surface area (Å²) in [6, 6.07) is 21.0. The minimum Gasteiger partial charge on any atom is -0.494 e. The summed E-state index contributed by atoms with van der Waals surface area (Å²) in [6.07, 6.45) is 4.95. The molecule has 3 heterocycles. The Morgan fingerprint density at radius 2 is 1.93 bits per heavy atom. The van der Waals surface area contributed by atoms with Crippen LogP contribution in [0.3, 0.4) is 0 Å². The van der Waals surface area contributed by atoms with Gasteiger partial charge in [0.2, 0.25) is 5.91 Å². The fourth-order valence-electron chi connectivity index (χ4n) is 7.09. The van der Waals surface area contributed by atoms with Gasteiger partial charge in [0, 0.05) is 67.2 Å². The molecule has 1 aromatic heterocycles. The number of benzene rings is 3. The number of carbonyl (C=O) groups excluding carboxylic acids is 1. The molecule has 4 aromatic rings. The summed E-state index contributed by atoms with van der Waals surface area (Å²) < 4.78 is 7.50. The third-order valence-corrected chi connectivity index (χ3v) is 9.44. The average Bonchev–Trinajstić information content (AvgIpc) is 3.75. The number of carboxylic acid groups (broad SMARTS) is 1. The molecule has 45 heavy (non-hydrogen) atoms. The van der Waals surface area contributed by atoms with E-state index in [1.807, 2.05) is 71.8 Å². The van der Waals surface area contributed by atoms with E-state index in [1.54, 1.807) is 4.57 Å². The first-order chi connectivity index (χ1) is 21.9. The van der Waals surface area contributed by atoms with Crippen molar-refractivity contribution in [1.82, 2.24) is 9.47 Å². The van der Waals surface area contributed by atoms with Crippen LogP contribution in [0.25, 0.3) is 10.8 Å². The van der Waals surface area contributed by atoms with E-state index in [0.29, 0.717) is 39.2 Å². The van der Waals surface area contributed by atoms with Gasteiger partial charge in [-0.15, -0.1) is 0 Å². The lowest BCUT2D eigenvalue weighted by Gasteiger charge is -2.30. The number of nitrogens with zero attached hydrogens (tertiary/aromatic N) is 3. The predicted molar refractivity (Wildman–Crippen MR) is 175 cm³/mol. The number of hydrogen-bond donors (Lipinski definition) is 3. The number of hydrogen-bond acceptors (Lipinski definition) is 6. The van der Waals surface area contributed by atoms with Gasteiger partial charge < -0.3 is 30.2 Å². The number of nitrogens with two attached hydrogens (primary N) is 1. The van der Waals surface area contributed by atoms with E-state index >= 15 is 0 Å². The number of aryl methyl sites for hydroxylation is 1. The zero-order valence-corrected chi connectivity index (χ0v) is 25.8. The van der Waals surface area contributed by atoms with Crippen molar-refractivity contribution in [1.29, 1.82) is 0 Å². The van der Waals surface area contributed by atoms with E-state index in [-0.39, 0.29) is 24.2 Å². The lowest BCUT2D eigenvalue weighted by molar-refractivity contribution is -0.143. The Balaban J connectivity index is 1.32. The van der Waals surface area contributed by atoms with Crippen LogP contribution >= 0.6 is 0 Å². The largest absolute Gasteiger partial charge is 0.494 e. The van der Waals surface area contributed by atoms with Gasteiger partial charge >= 0.3 is 5.97 Å². The van der Waals surface area contributed by atoms with Gasteiger partial charge in [0.1, 0.15) is 5.75 Å². The molecule has 2 aliphatic rings. The molecular weight excluding hydrogens is 568 g/mol. The van der Waals surface area contributed by atoms with Gasteiger partial charge in [0.05, 0.1) is 19.1 Å². The highest BCUT2D eigenvalue weighted by Crippen LogP contribution is 2.41. The van der Waals surface area contributed by atoms with E-state index in [4.69, 9.17) is 10.5 Å². The summed E-state index contributed by atoms with van der Waals surface area (Å²) in [5, 5.41) is 23.3. The number of unbranched alkanes of at least 4 members (excludes halogenated alkanes) is 1. The van der Waals surface area contributed by atoms with Gasteiger partial charge in [-0.3, -0.25) is 14.5 Å². The van der Waals surface area contributed by atoms with Crippen LogP contribution in [-0.4, -0.2) is 63.8 Å². The van der Waals surface area contributed by atoms with Crippen molar-refractivity contribution >= 4 is 28.3 Å². The summed E-state index contributed by atoms with van der Waals surface area (Å²) >= 11 is 0. The third kappa shape index (κ3) is 6.28. The lowest BCUT2D eigenvalue weighted by Crippen LogP contribution is -2.45. The van der Waals surface area contributed by atoms with Gasteiger partial charge in [-0.25, -0.2) is 0 Å². The first-order valence-corrected chi connectivity index (χ1v) is 16.0. The van der Waals surface area contributed by atoms with Crippen LogP contribution in [0.4, 0.5) is 5.69 Å². The summed E-state index contributed by atoms with van der Waals surface area (Å²) in [4.78, 5) is 31.0. The van der Waals surface area contributed by atoms with Crippen LogP contribution in [0.1, 0.15) is 48.8 Å². The number of amides is 1. The summed E-state index contributed by atoms with van der Waals surface area (Å²) in [5.41, 5.74) is 9.72. The molecule has 9 heteroatoms. The summed E-state index contributed by atoms with van der Waals surface area (Å²) in [6.45, 7) is 4.63. The van der Waals surface area contributed by atoms with Crippen molar-refractivity contribution in [2.75, 3.05) is 31.1 Å². The standard InChI is InChI=1S/C36H42N4O5/c1-2-3-15-40(28-9-6-7-24(18-28)20-37)33(41)23-39-22-30(25-11-12-32-26(19-25)14-17-45-32)34(36(43)44)31(39)13-16-38-21-27-8-4-5-10-29(27)35(38)42/h4-12,18-19,21,30-31,34,42H,2-3,13-17,20,22-23,37H2,1H3,(H,43,44)/t30-,31+,34-/m1/s1. The number of carboxylic acids is 1. The van der Waals surface area contributed by atoms with Crippen molar-refractivity contribution in [3.63, 3.8) is 0 Å². The number of aromatic nitrogens is 1. The molecule has 1 saturated heterocycles. The molecule has 0 aliphatic carbocycles. The number of likely N-dealkylation sites (tertiary alicyclic amines) is 1. The Kier molecular flexibility index (Phi) is 9.09. The second-order valence-electron chi connectivity index (χ2n) is 12.2. The van der Waals surface area contributed by atoms with Gasteiger partial charge in [0.15, 0.2) is 5.88 Å². The minimum absolute atomic E-state index is 0.0655. The average molecular weight is 611 g/mol. The maximum Gasteiger partial charge on any atom is 0.308 e. The van der Waals surface area contributed by atoms with Gasteiger partial charge in [-0.1, -0.05) is 55.8 Å². The molecule has 1 amide bonds. The van der Waals surface area contributed by atoms with Crippen molar-refractivity contribution in [3.05, 3.63) is 89.6 Å². The fourth-order valence-corrected chi connectivity index (χ4v) is 7.09. The van der Waals surface area contributed by atoms with Crippen molar-refractivity contribution in [2.24, 2.45) is 11.7 Å². The highest BCUT2D eigenvalue weighted by atomic mass is 16.5. The number of carbonyl (C=O) groups is 2. The number of fused-ring (bicyclic) bond motifs is 2. The van der Waals surface area contributed by atoms with E-state index < -0.39 is 17.9 Å². The van der Waals surface area contributed by atoms with Crippen LogP contribution in [-0.2, 0) is 29.1 Å². The van der Waals surface area contributed by atoms with E-state index in [1.165, 1.54) is 0 Å². The van der Waals surface area contributed by atoms with Crippen LogP contribution in [0.2, 0.25) is 0 Å². The second-order valence-corrected chi connectivity index (χ2v) is 12.2. The molecule has 0 radical (unpaired) electrons. The Labute approximate surface area is 263 Å². The van der Waals surface area contributed by atoms with Crippen LogP contribution in [0.15, 0.2) is 72.9 Å². The Morgan fingerprint density at radius 3 is 2.71 bits per heavy atom. The molecular formula is C36H42N4O5. The maximum absolute atomic E-state index is 14.1. The number of aromatic hydroxyl groups is 1. The first-order valence-electron chi connectivity index (χ1n) is 16.0. The molecule has 1 fully saturated rings. The smallest absolute Gasteiger partial charge is 0.308 e. The molecule has 0 unspecified atom stereocenters. The molecule has 0 spiro atoms. The minimum atomic E-state index is -0.878.